The van der Waals surface area contributed by atoms with Crippen LogP contribution < -0.4 is 4.90 Å². The molecule has 0 aliphatic heterocycles. The molecule has 1 aromatic carbocycles. The molecule has 1 fully saturated rings. The average Bonchev–Trinajstić information content (AvgIpc) is 2.39. The van der Waals surface area contributed by atoms with Crippen LogP contribution >= 0.6 is 15.9 Å². The van der Waals surface area contributed by atoms with E-state index >= 15 is 0 Å². The summed E-state index contributed by atoms with van der Waals surface area (Å²) in [6.07, 6.45) is 6.61. The minimum Gasteiger partial charge on any atom is -0.371 e. The van der Waals surface area contributed by atoms with E-state index in [-0.39, 0.29) is 0 Å². The Bertz CT molecular complexity index is 430. The topological polar surface area (TPSA) is 27.0 Å². The first kappa shape index (κ1) is 12.4. The van der Waals surface area contributed by atoms with Gasteiger partial charge in [-0.25, -0.2) is 0 Å². The zero-order chi connectivity index (χ0) is 12.3. The van der Waals surface area contributed by atoms with Gasteiger partial charge in [0, 0.05) is 17.6 Å². The molecule has 17 heavy (non-hydrogen) atoms. The second-order valence-corrected chi connectivity index (χ2v) is 5.54. The fourth-order valence-corrected chi connectivity index (χ4v) is 3.19. The molecule has 0 radical (unpaired) electrons. The molecule has 0 spiro atoms. The molecule has 1 aliphatic carbocycles. The van der Waals surface area contributed by atoms with Gasteiger partial charge >= 0.3 is 0 Å². The maximum Gasteiger partial charge on any atom is 0.0992 e. The van der Waals surface area contributed by atoms with Crippen LogP contribution in [-0.4, -0.2) is 13.1 Å². The van der Waals surface area contributed by atoms with E-state index in [0.29, 0.717) is 11.6 Å². The van der Waals surface area contributed by atoms with Gasteiger partial charge in [0.2, 0.25) is 0 Å². The third-order valence-electron chi connectivity index (χ3n) is 3.58. The van der Waals surface area contributed by atoms with E-state index in [2.05, 4.69) is 33.9 Å². The molecule has 0 heterocycles. The number of anilines is 1. The lowest BCUT2D eigenvalue weighted by Crippen LogP contribution is -2.33. The Labute approximate surface area is 111 Å². The first-order chi connectivity index (χ1) is 8.22. The van der Waals surface area contributed by atoms with Crippen LogP contribution in [-0.2, 0) is 0 Å². The van der Waals surface area contributed by atoms with E-state index in [1.165, 1.54) is 37.8 Å². The molecular weight excluding hydrogens is 276 g/mol. The van der Waals surface area contributed by atoms with Crippen molar-refractivity contribution in [3.63, 3.8) is 0 Å². The van der Waals surface area contributed by atoms with Crippen LogP contribution in [0.4, 0.5) is 5.69 Å². The van der Waals surface area contributed by atoms with Crippen molar-refractivity contribution in [2.75, 3.05) is 11.9 Å². The van der Waals surface area contributed by atoms with E-state index in [0.717, 1.165) is 4.47 Å². The van der Waals surface area contributed by atoms with Crippen LogP contribution in [0.25, 0.3) is 0 Å². The summed E-state index contributed by atoms with van der Waals surface area (Å²) in [4.78, 5) is 2.35. The van der Waals surface area contributed by atoms with Crippen molar-refractivity contribution in [2.24, 2.45) is 0 Å². The highest BCUT2D eigenvalue weighted by atomic mass is 79.9. The minimum atomic E-state index is 0.646. The summed E-state index contributed by atoms with van der Waals surface area (Å²) in [5, 5.41) is 8.86. The van der Waals surface area contributed by atoms with E-state index < -0.39 is 0 Å². The molecule has 0 amide bonds. The van der Waals surface area contributed by atoms with Crippen LogP contribution in [0, 0.1) is 11.3 Å². The molecule has 0 aromatic heterocycles. The lowest BCUT2D eigenvalue weighted by molar-refractivity contribution is 0.427. The fourth-order valence-electron chi connectivity index (χ4n) is 2.53. The fraction of sp³-hybridized carbons (Fsp3) is 0.500. The van der Waals surface area contributed by atoms with Crippen LogP contribution in [0.3, 0.4) is 0 Å². The number of nitriles is 1. The standard InChI is InChI=1S/C14H17BrN2/c1-17(12-5-3-2-4-6-12)14-8-7-11(10-16)9-13(14)15/h7-9,12H,2-6H2,1H3. The summed E-state index contributed by atoms with van der Waals surface area (Å²) in [7, 11) is 2.15. The summed E-state index contributed by atoms with van der Waals surface area (Å²) in [5.74, 6) is 0. The molecule has 0 atom stereocenters. The largest absolute Gasteiger partial charge is 0.371 e. The molecule has 90 valence electrons. The van der Waals surface area contributed by atoms with Gasteiger partial charge in [-0.2, -0.15) is 5.26 Å². The van der Waals surface area contributed by atoms with Gasteiger partial charge in [-0.15, -0.1) is 0 Å². The number of benzene rings is 1. The highest BCUT2D eigenvalue weighted by molar-refractivity contribution is 9.10. The molecule has 1 aromatic rings. The Morgan fingerprint density at radius 3 is 2.59 bits per heavy atom. The zero-order valence-electron chi connectivity index (χ0n) is 10.1. The normalized spacial score (nSPS) is 16.5. The van der Waals surface area contributed by atoms with E-state index in [9.17, 15) is 0 Å². The van der Waals surface area contributed by atoms with Gasteiger partial charge < -0.3 is 4.90 Å². The summed E-state index contributed by atoms with van der Waals surface area (Å²) < 4.78 is 1.02. The van der Waals surface area contributed by atoms with Gasteiger partial charge in [-0.3, -0.25) is 0 Å². The Morgan fingerprint density at radius 1 is 1.29 bits per heavy atom. The first-order valence-corrected chi connectivity index (χ1v) is 6.94. The van der Waals surface area contributed by atoms with Crippen molar-refractivity contribution in [2.45, 2.75) is 38.1 Å². The summed E-state index contributed by atoms with van der Waals surface area (Å²) in [6, 6.07) is 8.64. The van der Waals surface area contributed by atoms with Crippen molar-refractivity contribution < 1.29 is 0 Å². The average molecular weight is 293 g/mol. The lowest BCUT2D eigenvalue weighted by atomic mass is 9.94. The highest BCUT2D eigenvalue weighted by Gasteiger charge is 2.19. The Hall–Kier alpha value is -1.01. The van der Waals surface area contributed by atoms with Gasteiger partial charge in [-0.1, -0.05) is 19.3 Å². The maximum absolute atomic E-state index is 8.86. The van der Waals surface area contributed by atoms with Gasteiger partial charge in [0.25, 0.3) is 0 Å². The van der Waals surface area contributed by atoms with E-state index in [1.54, 1.807) is 0 Å². The van der Waals surface area contributed by atoms with Gasteiger partial charge in [0.05, 0.1) is 17.3 Å². The number of halogens is 1. The molecule has 0 unspecified atom stereocenters. The van der Waals surface area contributed by atoms with Crippen molar-refractivity contribution in [3.8, 4) is 6.07 Å². The third kappa shape index (κ3) is 2.81. The minimum absolute atomic E-state index is 0.646. The Kier molecular flexibility index (Phi) is 4.06. The number of rotatable bonds is 2. The maximum atomic E-state index is 8.86. The molecule has 1 aliphatic rings. The quantitative estimate of drug-likeness (QED) is 0.821. The predicted octanol–water partition coefficient (Wildman–Crippen LogP) is 4.09. The summed E-state index contributed by atoms with van der Waals surface area (Å²) >= 11 is 3.56. The molecule has 0 N–H and O–H groups in total. The smallest absolute Gasteiger partial charge is 0.0992 e. The van der Waals surface area contributed by atoms with Crippen molar-refractivity contribution in [3.05, 3.63) is 28.2 Å². The molecule has 3 heteroatoms. The van der Waals surface area contributed by atoms with Crippen molar-refractivity contribution in [1.29, 1.82) is 5.26 Å². The van der Waals surface area contributed by atoms with Gasteiger partial charge in [0.15, 0.2) is 0 Å². The van der Waals surface area contributed by atoms with Gasteiger partial charge in [-0.05, 0) is 47.0 Å². The lowest BCUT2D eigenvalue weighted by Gasteiger charge is -2.33. The second-order valence-electron chi connectivity index (χ2n) is 4.68. The molecule has 0 saturated heterocycles. The first-order valence-electron chi connectivity index (χ1n) is 6.15. The Morgan fingerprint density at radius 2 is 2.00 bits per heavy atom. The number of nitrogens with zero attached hydrogens (tertiary/aromatic N) is 2. The highest BCUT2D eigenvalue weighted by Crippen LogP contribution is 2.31. The van der Waals surface area contributed by atoms with Crippen LogP contribution in [0.15, 0.2) is 22.7 Å². The number of hydrogen-bond acceptors (Lipinski definition) is 2. The molecule has 0 bridgehead atoms. The summed E-state index contributed by atoms with van der Waals surface area (Å²) in [5.41, 5.74) is 1.90. The SMILES string of the molecule is CN(c1ccc(C#N)cc1Br)C1CCCCC1. The number of hydrogen-bond donors (Lipinski definition) is 0. The monoisotopic (exact) mass is 292 g/mol. The van der Waals surface area contributed by atoms with Crippen LogP contribution in [0.2, 0.25) is 0 Å². The molecule has 2 nitrogen and oxygen atoms in total. The van der Waals surface area contributed by atoms with Crippen molar-refractivity contribution in [1.82, 2.24) is 0 Å². The van der Waals surface area contributed by atoms with Crippen molar-refractivity contribution >= 4 is 21.6 Å². The molecular formula is C14H17BrN2. The Balaban J connectivity index is 2.18. The third-order valence-corrected chi connectivity index (χ3v) is 4.21. The molecule has 2 rings (SSSR count). The zero-order valence-corrected chi connectivity index (χ0v) is 11.7. The van der Waals surface area contributed by atoms with E-state index in [4.69, 9.17) is 5.26 Å². The van der Waals surface area contributed by atoms with Crippen LogP contribution in [0.1, 0.15) is 37.7 Å². The molecule has 1 saturated carbocycles. The predicted molar refractivity (Wildman–Crippen MR) is 74.1 cm³/mol. The second kappa shape index (κ2) is 5.55. The van der Waals surface area contributed by atoms with E-state index in [1.807, 2.05) is 18.2 Å². The van der Waals surface area contributed by atoms with Crippen LogP contribution in [0.5, 0.6) is 0 Å². The summed E-state index contributed by atoms with van der Waals surface area (Å²) in [6.45, 7) is 0. The van der Waals surface area contributed by atoms with Gasteiger partial charge in [0.1, 0.15) is 0 Å².